The molecule has 0 bridgehead atoms. The van der Waals surface area contributed by atoms with Gasteiger partial charge in [-0.05, 0) is 24.3 Å². The molecule has 39 heavy (non-hydrogen) atoms. The van der Waals surface area contributed by atoms with E-state index in [4.69, 9.17) is 23.9 Å². The second-order valence-electron chi connectivity index (χ2n) is 7.94. The Morgan fingerprint density at radius 2 is 1.36 bits per heavy atom. The maximum Gasteiger partial charge on any atom is 0.414 e. The van der Waals surface area contributed by atoms with Crippen LogP contribution in [0.3, 0.4) is 0 Å². The van der Waals surface area contributed by atoms with E-state index < -0.39 is 99.4 Å². The molecule has 2 rings (SSSR count). The number of hydrogen-bond acceptors (Lipinski definition) is 10. The normalized spacial score (nSPS) is 14.2. The maximum atomic E-state index is 14.4. The summed E-state index contributed by atoms with van der Waals surface area (Å²) in [6.07, 6.45) is -11.2. The number of hydrogen-bond donors (Lipinski definition) is 5. The molecule has 0 fully saturated rings. The fraction of sp³-hybridized carbons (Fsp3) is 0.429. The van der Waals surface area contributed by atoms with Gasteiger partial charge < -0.3 is 29.5 Å². The lowest BCUT2D eigenvalue weighted by atomic mass is 10.2. The molecule has 0 amide bonds. The Balaban J connectivity index is 2.02. The maximum absolute atomic E-state index is 14.4. The van der Waals surface area contributed by atoms with Gasteiger partial charge in [-0.3, -0.25) is 9.11 Å². The van der Waals surface area contributed by atoms with Crippen LogP contribution in [0.25, 0.3) is 0 Å². The SMILES string of the molecule is O=S(=O)(O)c1ccc(O)c(COCCC(F)Oc2cc(S(=O)(=O)O)cc(COCCC(O)C(F)(F)F)c2O)c1. The predicted octanol–water partition coefficient (Wildman–Crippen LogP) is 2.70. The predicted molar refractivity (Wildman–Crippen MR) is 122 cm³/mol. The fourth-order valence-electron chi connectivity index (χ4n) is 2.92. The zero-order chi connectivity index (χ0) is 29.6. The van der Waals surface area contributed by atoms with Gasteiger partial charge in [-0.25, -0.2) is 4.39 Å². The summed E-state index contributed by atoms with van der Waals surface area (Å²) in [5.74, 6) is -1.97. The van der Waals surface area contributed by atoms with E-state index in [0.29, 0.717) is 6.07 Å². The Morgan fingerprint density at radius 3 is 1.92 bits per heavy atom. The van der Waals surface area contributed by atoms with Crippen molar-refractivity contribution in [3.8, 4) is 17.2 Å². The Labute approximate surface area is 219 Å². The first-order valence-corrected chi connectivity index (χ1v) is 13.6. The molecule has 5 N–H and O–H groups in total. The van der Waals surface area contributed by atoms with Crippen molar-refractivity contribution in [2.24, 2.45) is 0 Å². The summed E-state index contributed by atoms with van der Waals surface area (Å²) in [5, 5.41) is 29.0. The lowest BCUT2D eigenvalue weighted by molar-refractivity contribution is -0.208. The molecule has 2 unspecified atom stereocenters. The molecular weight excluding hydrogens is 584 g/mol. The largest absolute Gasteiger partial charge is 0.508 e. The van der Waals surface area contributed by atoms with Crippen molar-refractivity contribution in [3.63, 3.8) is 0 Å². The smallest absolute Gasteiger partial charge is 0.414 e. The van der Waals surface area contributed by atoms with Crippen LogP contribution in [0.1, 0.15) is 24.0 Å². The fourth-order valence-corrected chi connectivity index (χ4v) is 4.00. The Kier molecular flexibility index (Phi) is 10.9. The molecule has 0 saturated carbocycles. The van der Waals surface area contributed by atoms with E-state index in [1.165, 1.54) is 0 Å². The molecule has 2 atom stereocenters. The first-order valence-electron chi connectivity index (χ1n) is 10.7. The molecule has 0 saturated heterocycles. The van der Waals surface area contributed by atoms with E-state index >= 15 is 0 Å². The number of rotatable bonds is 14. The van der Waals surface area contributed by atoms with E-state index in [-0.39, 0.29) is 16.9 Å². The van der Waals surface area contributed by atoms with E-state index in [2.05, 4.69) is 0 Å². The topological polar surface area (TPSA) is 197 Å². The molecule has 0 aliphatic carbocycles. The summed E-state index contributed by atoms with van der Waals surface area (Å²) < 4.78 is 130. The number of aromatic hydroxyl groups is 2. The van der Waals surface area contributed by atoms with E-state index in [9.17, 15) is 49.2 Å². The van der Waals surface area contributed by atoms with Crippen molar-refractivity contribution in [3.05, 3.63) is 41.5 Å². The summed E-state index contributed by atoms with van der Waals surface area (Å²) in [6.45, 7) is -2.15. The lowest BCUT2D eigenvalue weighted by Gasteiger charge is -2.17. The third-order valence-electron chi connectivity index (χ3n) is 4.95. The molecular formula is C21H24F4O12S2. The number of aliphatic hydroxyl groups excluding tert-OH is 1. The molecule has 2 aromatic carbocycles. The zero-order valence-corrected chi connectivity index (χ0v) is 21.3. The number of alkyl halides is 4. The van der Waals surface area contributed by atoms with E-state index in [1.807, 2.05) is 0 Å². The van der Waals surface area contributed by atoms with Gasteiger partial charge in [0.15, 0.2) is 17.6 Å². The van der Waals surface area contributed by atoms with Crippen molar-refractivity contribution in [2.45, 2.75) is 54.5 Å². The summed E-state index contributed by atoms with van der Waals surface area (Å²) in [4.78, 5) is -1.36. The van der Waals surface area contributed by atoms with Gasteiger partial charge in [-0.15, -0.1) is 0 Å². The highest BCUT2D eigenvalue weighted by Crippen LogP contribution is 2.35. The monoisotopic (exact) mass is 608 g/mol. The molecule has 0 spiro atoms. The standard InChI is InChI=1S/C21H24F4O12S2/c22-19(4-6-36-10-12-7-14(38(29,30)31)1-2-16(12)26)37-17-9-15(39(32,33)34)8-13(20(17)28)11-35-5-3-18(27)21(23,24)25/h1-2,7-9,18-19,26-28H,3-6,10-11H2,(H,29,30,31)(H,32,33,34). The van der Waals surface area contributed by atoms with Gasteiger partial charge >= 0.3 is 6.18 Å². The molecule has 18 heteroatoms. The van der Waals surface area contributed by atoms with Gasteiger partial charge in [0.2, 0.25) is 6.36 Å². The van der Waals surface area contributed by atoms with Crippen LogP contribution < -0.4 is 4.74 Å². The third-order valence-corrected chi connectivity index (χ3v) is 6.63. The molecule has 0 aromatic heterocycles. The zero-order valence-electron chi connectivity index (χ0n) is 19.7. The summed E-state index contributed by atoms with van der Waals surface area (Å²) in [7, 11) is -9.46. The highest BCUT2D eigenvalue weighted by Gasteiger charge is 2.37. The third kappa shape index (κ3) is 10.1. The van der Waals surface area contributed by atoms with Crippen LogP contribution >= 0.6 is 0 Å². The minimum Gasteiger partial charge on any atom is -0.508 e. The van der Waals surface area contributed by atoms with Crippen LogP contribution in [-0.2, 0) is 42.9 Å². The van der Waals surface area contributed by atoms with Crippen LogP contribution in [0.4, 0.5) is 17.6 Å². The summed E-state index contributed by atoms with van der Waals surface area (Å²) >= 11 is 0. The Bertz CT molecular complexity index is 1350. The number of benzene rings is 2. The van der Waals surface area contributed by atoms with Gasteiger partial charge in [-0.1, -0.05) is 0 Å². The van der Waals surface area contributed by atoms with Gasteiger partial charge in [-0.2, -0.15) is 30.0 Å². The first kappa shape index (κ1) is 32.5. The van der Waals surface area contributed by atoms with Crippen LogP contribution in [-0.4, -0.2) is 73.1 Å². The second kappa shape index (κ2) is 13.1. The van der Waals surface area contributed by atoms with Crippen molar-refractivity contribution in [2.75, 3.05) is 13.2 Å². The quantitative estimate of drug-likeness (QED) is 0.120. The van der Waals surface area contributed by atoms with Crippen LogP contribution in [0.15, 0.2) is 40.1 Å². The van der Waals surface area contributed by atoms with Gasteiger partial charge in [0.1, 0.15) is 5.75 Å². The number of phenols is 2. The van der Waals surface area contributed by atoms with Gasteiger partial charge in [0.05, 0.1) is 29.6 Å². The van der Waals surface area contributed by atoms with Crippen molar-refractivity contribution in [1.29, 1.82) is 0 Å². The molecule has 12 nitrogen and oxygen atoms in total. The summed E-state index contributed by atoms with van der Waals surface area (Å²) in [5.41, 5.74) is -0.438. The molecule has 0 heterocycles. The average molecular weight is 609 g/mol. The molecule has 220 valence electrons. The molecule has 0 radical (unpaired) electrons. The van der Waals surface area contributed by atoms with E-state index in [0.717, 1.165) is 24.3 Å². The highest BCUT2D eigenvalue weighted by atomic mass is 32.2. The minimum atomic E-state index is -4.90. The number of phenolic OH excluding ortho intramolecular Hbond substituents is 2. The number of halogens is 4. The van der Waals surface area contributed by atoms with Crippen molar-refractivity contribution >= 4 is 20.2 Å². The highest BCUT2D eigenvalue weighted by molar-refractivity contribution is 7.86. The molecule has 0 aliphatic rings. The van der Waals surface area contributed by atoms with Crippen molar-refractivity contribution < 1.29 is 73.0 Å². The Hall–Kier alpha value is -2.74. The molecule has 0 aliphatic heterocycles. The number of ether oxygens (including phenoxy) is 3. The van der Waals surface area contributed by atoms with Crippen molar-refractivity contribution in [1.82, 2.24) is 0 Å². The minimum absolute atomic E-state index is 0.0488. The number of aliphatic hydroxyl groups is 1. The van der Waals surface area contributed by atoms with Crippen LogP contribution in [0, 0.1) is 0 Å². The first-order chi connectivity index (χ1) is 17.9. The Morgan fingerprint density at radius 1 is 0.821 bits per heavy atom. The summed E-state index contributed by atoms with van der Waals surface area (Å²) in [6, 6.07) is 4.18. The van der Waals surface area contributed by atoms with Gasteiger partial charge in [0, 0.05) is 36.6 Å². The molecule has 2 aromatic rings. The second-order valence-corrected chi connectivity index (χ2v) is 10.8. The average Bonchev–Trinajstić information content (AvgIpc) is 2.80. The van der Waals surface area contributed by atoms with Crippen LogP contribution in [0.2, 0.25) is 0 Å². The van der Waals surface area contributed by atoms with Gasteiger partial charge in [0.25, 0.3) is 20.2 Å². The van der Waals surface area contributed by atoms with E-state index in [1.54, 1.807) is 0 Å². The lowest BCUT2D eigenvalue weighted by Crippen LogP contribution is -2.29. The van der Waals surface area contributed by atoms with Crippen LogP contribution in [0.5, 0.6) is 17.2 Å².